The monoisotopic (exact) mass is 398 g/mol. The third kappa shape index (κ3) is 4.77. The molecule has 0 unspecified atom stereocenters. The number of carbonyl (C=O) groups is 1. The second kappa shape index (κ2) is 7.67. The van der Waals surface area contributed by atoms with Gasteiger partial charge in [0.15, 0.2) is 0 Å². The number of nitrogens with one attached hydrogen (secondary N) is 1. The van der Waals surface area contributed by atoms with E-state index in [-0.39, 0.29) is 11.1 Å². The Bertz CT molecular complexity index is 994. The van der Waals surface area contributed by atoms with Crippen LogP contribution in [-0.4, -0.2) is 20.9 Å². The van der Waals surface area contributed by atoms with Crippen LogP contribution in [0.5, 0.6) is 5.75 Å². The Kier molecular flexibility index (Phi) is 5.75. The first-order valence-electron chi connectivity index (χ1n) is 7.50. The smallest absolute Gasteiger partial charge is 0.417 e. The summed E-state index contributed by atoms with van der Waals surface area (Å²) >= 11 is 0. The highest BCUT2D eigenvalue weighted by atomic mass is 32.2. The van der Waals surface area contributed by atoms with Crippen molar-refractivity contribution in [2.24, 2.45) is 0 Å². The molecule has 0 heterocycles. The molecule has 0 aromatic heterocycles. The van der Waals surface area contributed by atoms with Crippen LogP contribution in [0.3, 0.4) is 0 Å². The highest BCUT2D eigenvalue weighted by molar-refractivity contribution is 7.90. The van der Waals surface area contributed by atoms with E-state index in [1.165, 1.54) is 30.3 Å². The molecule has 0 aliphatic rings. The molecule has 0 atom stereocenters. The van der Waals surface area contributed by atoms with Crippen molar-refractivity contribution in [1.82, 2.24) is 4.72 Å². The van der Waals surface area contributed by atoms with Crippen LogP contribution >= 0.6 is 0 Å². The van der Waals surface area contributed by atoms with E-state index in [1.807, 2.05) is 0 Å². The third-order valence-corrected chi connectivity index (χ3v) is 4.75. The van der Waals surface area contributed by atoms with Gasteiger partial charge in [0.1, 0.15) is 5.75 Å². The van der Waals surface area contributed by atoms with E-state index in [0.717, 1.165) is 6.07 Å². The summed E-state index contributed by atoms with van der Waals surface area (Å²) in [6.45, 7) is 2.14. The predicted molar refractivity (Wildman–Crippen MR) is 88.4 cm³/mol. The first-order chi connectivity index (χ1) is 12.6. The quantitative estimate of drug-likeness (QED) is 0.835. The van der Waals surface area contributed by atoms with E-state index in [1.54, 1.807) is 11.6 Å². The number of carbonyl (C=O) groups excluding carboxylic acids is 1. The van der Waals surface area contributed by atoms with Crippen LogP contribution in [0, 0.1) is 11.3 Å². The lowest BCUT2D eigenvalue weighted by Gasteiger charge is -2.14. The molecule has 2 rings (SSSR count). The molecule has 6 nitrogen and oxygen atoms in total. The second-order valence-corrected chi connectivity index (χ2v) is 6.86. The van der Waals surface area contributed by atoms with Gasteiger partial charge in [-0.3, -0.25) is 4.79 Å². The summed E-state index contributed by atoms with van der Waals surface area (Å²) in [5, 5.41) is 8.73. The minimum atomic E-state index is -5.03. The van der Waals surface area contributed by atoms with Gasteiger partial charge in [-0.05, 0) is 49.4 Å². The fourth-order valence-corrected chi connectivity index (χ4v) is 3.34. The van der Waals surface area contributed by atoms with Crippen LogP contribution in [0.15, 0.2) is 47.4 Å². The molecule has 0 aliphatic heterocycles. The van der Waals surface area contributed by atoms with Gasteiger partial charge in [-0.1, -0.05) is 0 Å². The molecule has 1 amide bonds. The van der Waals surface area contributed by atoms with Gasteiger partial charge in [-0.2, -0.15) is 18.4 Å². The van der Waals surface area contributed by atoms with Crippen molar-refractivity contribution in [2.75, 3.05) is 6.61 Å². The number of nitriles is 1. The molecule has 142 valence electrons. The number of ether oxygens (including phenoxy) is 1. The number of hydrogen-bond donors (Lipinski definition) is 1. The molecule has 10 heteroatoms. The lowest BCUT2D eigenvalue weighted by Crippen LogP contribution is -2.32. The lowest BCUT2D eigenvalue weighted by molar-refractivity contribution is -0.139. The van der Waals surface area contributed by atoms with Crippen LogP contribution in [0.2, 0.25) is 0 Å². The van der Waals surface area contributed by atoms with Crippen LogP contribution in [0.25, 0.3) is 0 Å². The first-order valence-corrected chi connectivity index (χ1v) is 8.98. The van der Waals surface area contributed by atoms with Crippen molar-refractivity contribution >= 4 is 15.9 Å². The largest absolute Gasteiger partial charge is 0.494 e. The molecule has 0 radical (unpaired) electrons. The molecular weight excluding hydrogens is 385 g/mol. The Labute approximate surface area is 153 Å². The number of nitrogens with zero attached hydrogens (tertiary/aromatic N) is 1. The minimum Gasteiger partial charge on any atom is -0.494 e. The van der Waals surface area contributed by atoms with E-state index in [4.69, 9.17) is 10.00 Å². The molecule has 27 heavy (non-hydrogen) atoms. The Morgan fingerprint density at radius 3 is 2.33 bits per heavy atom. The summed E-state index contributed by atoms with van der Waals surface area (Å²) < 4.78 is 70.9. The maximum Gasteiger partial charge on any atom is 0.417 e. The summed E-state index contributed by atoms with van der Waals surface area (Å²) in [5.41, 5.74) is -1.98. The van der Waals surface area contributed by atoms with Crippen LogP contribution in [-0.2, 0) is 16.2 Å². The van der Waals surface area contributed by atoms with E-state index in [2.05, 4.69) is 0 Å². The van der Waals surface area contributed by atoms with Gasteiger partial charge in [0.25, 0.3) is 15.9 Å². The molecule has 0 spiro atoms. The molecule has 0 saturated heterocycles. The fraction of sp³-hybridized carbons (Fsp3) is 0.176. The minimum absolute atomic E-state index is 0.0794. The average Bonchev–Trinajstić information content (AvgIpc) is 2.61. The number of sulfonamides is 1. The molecule has 0 aliphatic carbocycles. The van der Waals surface area contributed by atoms with Crippen LogP contribution in [0.1, 0.15) is 28.4 Å². The highest BCUT2D eigenvalue weighted by Crippen LogP contribution is 2.34. The van der Waals surface area contributed by atoms with Crippen molar-refractivity contribution in [1.29, 1.82) is 5.26 Å². The van der Waals surface area contributed by atoms with Gasteiger partial charge in [-0.25, -0.2) is 13.1 Å². The Morgan fingerprint density at radius 2 is 1.81 bits per heavy atom. The number of halogens is 3. The van der Waals surface area contributed by atoms with Crippen molar-refractivity contribution in [3.05, 3.63) is 59.2 Å². The summed E-state index contributed by atoms with van der Waals surface area (Å²) in [6.07, 6.45) is -5.03. The molecule has 1 N–H and O–H groups in total. The van der Waals surface area contributed by atoms with E-state index < -0.39 is 32.6 Å². The lowest BCUT2D eigenvalue weighted by atomic mass is 10.1. The van der Waals surface area contributed by atoms with E-state index in [0.29, 0.717) is 24.5 Å². The zero-order valence-electron chi connectivity index (χ0n) is 13.9. The Hall–Kier alpha value is -3.06. The number of rotatable bonds is 5. The number of hydrogen-bond acceptors (Lipinski definition) is 5. The second-order valence-electron chi connectivity index (χ2n) is 5.21. The van der Waals surface area contributed by atoms with Gasteiger partial charge < -0.3 is 4.74 Å². The summed E-state index contributed by atoms with van der Waals surface area (Å²) in [6, 6.07) is 8.88. The molecule has 0 fully saturated rings. The molecule has 2 aromatic carbocycles. The predicted octanol–water partition coefficient (Wildman–Crippen LogP) is 3.09. The molecular formula is C17H13F3N2O4S. The molecule has 2 aromatic rings. The maximum atomic E-state index is 13.2. The van der Waals surface area contributed by atoms with Crippen LogP contribution < -0.4 is 9.46 Å². The first kappa shape index (κ1) is 20.3. The normalized spacial score (nSPS) is 11.5. The van der Waals surface area contributed by atoms with Gasteiger partial charge in [0.2, 0.25) is 0 Å². The zero-order chi connectivity index (χ0) is 20.2. The third-order valence-electron chi connectivity index (χ3n) is 3.36. The van der Waals surface area contributed by atoms with Gasteiger partial charge in [0, 0.05) is 5.56 Å². The number of amides is 1. The van der Waals surface area contributed by atoms with Gasteiger partial charge in [-0.15, -0.1) is 0 Å². The topological polar surface area (TPSA) is 96.3 Å². The summed E-state index contributed by atoms with van der Waals surface area (Å²) in [5.74, 6) is -0.654. The summed E-state index contributed by atoms with van der Waals surface area (Å²) in [7, 11) is -4.83. The zero-order valence-corrected chi connectivity index (χ0v) is 14.7. The highest BCUT2D eigenvalue weighted by Gasteiger charge is 2.38. The summed E-state index contributed by atoms with van der Waals surface area (Å²) in [4.78, 5) is 11.0. The molecule has 0 saturated carbocycles. The van der Waals surface area contributed by atoms with Gasteiger partial charge in [0.05, 0.1) is 28.7 Å². The van der Waals surface area contributed by atoms with Crippen molar-refractivity contribution in [2.45, 2.75) is 18.0 Å². The Balaban J connectivity index is 2.36. The van der Waals surface area contributed by atoms with Crippen molar-refractivity contribution in [3.63, 3.8) is 0 Å². The molecule has 0 bridgehead atoms. The maximum absolute atomic E-state index is 13.2. The number of alkyl halides is 3. The fourth-order valence-electron chi connectivity index (χ4n) is 2.16. The van der Waals surface area contributed by atoms with Gasteiger partial charge >= 0.3 is 6.18 Å². The van der Waals surface area contributed by atoms with Crippen molar-refractivity contribution in [3.8, 4) is 11.8 Å². The SMILES string of the molecule is CCOc1ccc(C(=O)NS(=O)(=O)c2ccc(C#N)cc2C(F)(F)F)cc1. The van der Waals surface area contributed by atoms with E-state index >= 15 is 0 Å². The van der Waals surface area contributed by atoms with Crippen LogP contribution in [0.4, 0.5) is 13.2 Å². The Morgan fingerprint density at radius 1 is 1.19 bits per heavy atom. The van der Waals surface area contributed by atoms with E-state index in [9.17, 15) is 26.4 Å². The van der Waals surface area contributed by atoms with Crippen molar-refractivity contribution < 1.29 is 31.1 Å². The standard InChI is InChI=1S/C17H13F3N2O4S/c1-2-26-13-6-4-12(5-7-13)16(23)22-27(24,25)15-8-3-11(10-21)9-14(15)17(18,19)20/h3-9H,2H2,1H3,(H,22,23). The number of benzene rings is 2. The average molecular weight is 398 g/mol.